The first-order valence-electron chi connectivity index (χ1n) is 6.25. The molecule has 1 rings (SSSR count). The first kappa shape index (κ1) is 14.2. The molecule has 0 bridgehead atoms. The molecule has 0 saturated carbocycles. The van der Waals surface area contributed by atoms with Gasteiger partial charge < -0.3 is 10.4 Å². The van der Waals surface area contributed by atoms with Crippen molar-refractivity contribution in [2.45, 2.75) is 26.5 Å². The van der Waals surface area contributed by atoms with E-state index in [0.29, 0.717) is 13.1 Å². The molecule has 3 heteroatoms. The minimum Gasteiger partial charge on any atom is -0.390 e. The summed E-state index contributed by atoms with van der Waals surface area (Å²) in [6.07, 6.45) is -0.302. The van der Waals surface area contributed by atoms with Gasteiger partial charge in [0.25, 0.3) is 0 Å². The Labute approximate surface area is 104 Å². The summed E-state index contributed by atoms with van der Waals surface area (Å²) in [7, 11) is 2.04. The zero-order chi connectivity index (χ0) is 12.7. The van der Waals surface area contributed by atoms with Crippen molar-refractivity contribution in [2.24, 2.45) is 0 Å². The normalized spacial score (nSPS) is 13.0. The molecule has 17 heavy (non-hydrogen) atoms. The van der Waals surface area contributed by atoms with Gasteiger partial charge in [-0.2, -0.15) is 0 Å². The Balaban J connectivity index is 2.39. The van der Waals surface area contributed by atoms with E-state index >= 15 is 0 Å². The van der Waals surface area contributed by atoms with Gasteiger partial charge in [0.1, 0.15) is 0 Å². The van der Waals surface area contributed by atoms with Crippen LogP contribution in [0.2, 0.25) is 0 Å². The van der Waals surface area contributed by atoms with Crippen LogP contribution in [0, 0.1) is 6.92 Å². The van der Waals surface area contributed by atoms with Crippen LogP contribution in [0.3, 0.4) is 0 Å². The van der Waals surface area contributed by atoms with Crippen LogP contribution in [-0.4, -0.2) is 42.8 Å². The molecule has 3 nitrogen and oxygen atoms in total. The van der Waals surface area contributed by atoms with E-state index in [9.17, 15) is 5.11 Å². The standard InChI is InChI=1S/C14H24N2O/c1-4-15-9-14(17)11-16(3)10-13-8-6-5-7-12(13)2/h5-8,14-15,17H,4,9-11H2,1-3H3. The van der Waals surface area contributed by atoms with Crippen molar-refractivity contribution in [3.63, 3.8) is 0 Å². The van der Waals surface area contributed by atoms with Crippen LogP contribution in [-0.2, 0) is 6.54 Å². The fourth-order valence-corrected chi connectivity index (χ4v) is 1.88. The topological polar surface area (TPSA) is 35.5 Å². The molecule has 0 amide bonds. The molecule has 0 aromatic heterocycles. The lowest BCUT2D eigenvalue weighted by Crippen LogP contribution is -2.36. The first-order chi connectivity index (χ1) is 8.13. The lowest BCUT2D eigenvalue weighted by Gasteiger charge is -2.21. The summed E-state index contributed by atoms with van der Waals surface area (Å²) in [5.74, 6) is 0. The number of hydrogen-bond acceptors (Lipinski definition) is 3. The zero-order valence-corrected chi connectivity index (χ0v) is 11.1. The molecule has 2 N–H and O–H groups in total. The van der Waals surface area contributed by atoms with Crippen LogP contribution >= 0.6 is 0 Å². The van der Waals surface area contributed by atoms with Gasteiger partial charge in [-0.1, -0.05) is 31.2 Å². The maximum absolute atomic E-state index is 9.79. The summed E-state index contributed by atoms with van der Waals surface area (Å²) in [6, 6.07) is 8.38. The fraction of sp³-hybridized carbons (Fsp3) is 0.571. The van der Waals surface area contributed by atoms with Gasteiger partial charge in [-0.3, -0.25) is 4.90 Å². The highest BCUT2D eigenvalue weighted by atomic mass is 16.3. The number of aliphatic hydroxyl groups excluding tert-OH is 1. The highest BCUT2D eigenvalue weighted by Crippen LogP contribution is 2.09. The van der Waals surface area contributed by atoms with Crippen LogP contribution in [0.4, 0.5) is 0 Å². The lowest BCUT2D eigenvalue weighted by atomic mass is 10.1. The predicted octanol–water partition coefficient (Wildman–Crippen LogP) is 1.40. The van der Waals surface area contributed by atoms with E-state index in [2.05, 4.69) is 41.4 Å². The highest BCUT2D eigenvalue weighted by molar-refractivity contribution is 5.25. The quantitative estimate of drug-likeness (QED) is 0.751. The van der Waals surface area contributed by atoms with Crippen molar-refractivity contribution in [1.82, 2.24) is 10.2 Å². The molecule has 96 valence electrons. The van der Waals surface area contributed by atoms with Crippen molar-refractivity contribution in [3.05, 3.63) is 35.4 Å². The summed E-state index contributed by atoms with van der Waals surface area (Å²) in [5, 5.41) is 12.9. The zero-order valence-electron chi connectivity index (χ0n) is 11.1. The molecule has 0 aliphatic carbocycles. The van der Waals surface area contributed by atoms with Crippen LogP contribution in [0.1, 0.15) is 18.1 Å². The molecule has 0 saturated heterocycles. The molecule has 1 atom stereocenters. The molecule has 0 spiro atoms. The first-order valence-corrected chi connectivity index (χ1v) is 6.25. The van der Waals surface area contributed by atoms with Crippen LogP contribution in [0.15, 0.2) is 24.3 Å². The molecule has 0 aliphatic heterocycles. The average Bonchev–Trinajstić information content (AvgIpc) is 2.29. The number of likely N-dealkylation sites (N-methyl/N-ethyl adjacent to an activating group) is 2. The van der Waals surface area contributed by atoms with Gasteiger partial charge in [0, 0.05) is 19.6 Å². The SMILES string of the molecule is CCNCC(O)CN(C)Cc1ccccc1C. The second-order valence-electron chi connectivity index (χ2n) is 4.58. The van der Waals surface area contributed by atoms with Crippen molar-refractivity contribution in [2.75, 3.05) is 26.7 Å². The second-order valence-corrected chi connectivity index (χ2v) is 4.58. The molecular weight excluding hydrogens is 212 g/mol. The smallest absolute Gasteiger partial charge is 0.0791 e. The Morgan fingerprint density at radius 3 is 2.71 bits per heavy atom. The predicted molar refractivity (Wildman–Crippen MR) is 72.1 cm³/mol. The van der Waals surface area contributed by atoms with Crippen molar-refractivity contribution in [3.8, 4) is 0 Å². The van der Waals surface area contributed by atoms with E-state index in [1.807, 2.05) is 14.0 Å². The molecule has 0 radical (unpaired) electrons. The number of benzene rings is 1. The van der Waals surface area contributed by atoms with E-state index in [0.717, 1.165) is 13.1 Å². The van der Waals surface area contributed by atoms with Gasteiger partial charge in [0.15, 0.2) is 0 Å². The van der Waals surface area contributed by atoms with Gasteiger partial charge in [-0.25, -0.2) is 0 Å². The van der Waals surface area contributed by atoms with Crippen molar-refractivity contribution >= 4 is 0 Å². The summed E-state index contributed by atoms with van der Waals surface area (Å²) in [6.45, 7) is 7.31. The number of nitrogens with one attached hydrogen (secondary N) is 1. The van der Waals surface area contributed by atoms with E-state index in [-0.39, 0.29) is 6.10 Å². The maximum atomic E-state index is 9.79. The largest absolute Gasteiger partial charge is 0.390 e. The van der Waals surface area contributed by atoms with Gasteiger partial charge in [-0.15, -0.1) is 0 Å². The number of aliphatic hydroxyl groups is 1. The summed E-state index contributed by atoms with van der Waals surface area (Å²) in [5.41, 5.74) is 2.63. The fourth-order valence-electron chi connectivity index (χ4n) is 1.88. The van der Waals surface area contributed by atoms with Crippen molar-refractivity contribution < 1.29 is 5.11 Å². The van der Waals surface area contributed by atoms with E-state index in [1.165, 1.54) is 11.1 Å². The van der Waals surface area contributed by atoms with Crippen LogP contribution in [0.25, 0.3) is 0 Å². The van der Waals surface area contributed by atoms with Crippen LogP contribution < -0.4 is 5.32 Å². The summed E-state index contributed by atoms with van der Waals surface area (Å²) < 4.78 is 0. The molecular formula is C14H24N2O. The Morgan fingerprint density at radius 1 is 1.35 bits per heavy atom. The maximum Gasteiger partial charge on any atom is 0.0791 e. The Bertz CT molecular complexity index is 328. The molecule has 0 heterocycles. The van der Waals surface area contributed by atoms with E-state index in [1.54, 1.807) is 0 Å². The minimum absolute atomic E-state index is 0.302. The summed E-state index contributed by atoms with van der Waals surface area (Å²) >= 11 is 0. The Morgan fingerprint density at radius 2 is 2.06 bits per heavy atom. The van der Waals surface area contributed by atoms with Gasteiger partial charge in [0.2, 0.25) is 0 Å². The van der Waals surface area contributed by atoms with Gasteiger partial charge in [-0.05, 0) is 31.6 Å². The lowest BCUT2D eigenvalue weighted by molar-refractivity contribution is 0.122. The average molecular weight is 236 g/mol. The van der Waals surface area contributed by atoms with Gasteiger partial charge in [0.05, 0.1) is 6.10 Å². The number of rotatable bonds is 7. The third kappa shape index (κ3) is 5.31. The molecule has 1 unspecified atom stereocenters. The third-order valence-corrected chi connectivity index (χ3v) is 2.85. The molecule has 1 aromatic carbocycles. The van der Waals surface area contributed by atoms with E-state index in [4.69, 9.17) is 0 Å². The van der Waals surface area contributed by atoms with E-state index < -0.39 is 0 Å². The van der Waals surface area contributed by atoms with Crippen LogP contribution in [0.5, 0.6) is 0 Å². The minimum atomic E-state index is -0.302. The van der Waals surface area contributed by atoms with Gasteiger partial charge >= 0.3 is 0 Å². The third-order valence-electron chi connectivity index (χ3n) is 2.85. The molecule has 0 aliphatic rings. The number of aryl methyl sites for hydroxylation is 1. The molecule has 1 aromatic rings. The second kappa shape index (κ2) is 7.43. The van der Waals surface area contributed by atoms with Crippen molar-refractivity contribution in [1.29, 1.82) is 0 Å². The highest BCUT2D eigenvalue weighted by Gasteiger charge is 2.08. The number of nitrogens with zero attached hydrogens (tertiary/aromatic N) is 1. The summed E-state index contributed by atoms with van der Waals surface area (Å²) in [4.78, 5) is 2.16. The monoisotopic (exact) mass is 236 g/mol. The Hall–Kier alpha value is -0.900. The Kier molecular flexibility index (Phi) is 6.19. The molecule has 0 fully saturated rings. The number of hydrogen-bond donors (Lipinski definition) is 2.